The van der Waals surface area contributed by atoms with E-state index in [4.69, 9.17) is 14.6 Å². The van der Waals surface area contributed by atoms with Gasteiger partial charge in [0.25, 0.3) is 5.52 Å². The maximum absolute atomic E-state index is 14.5. The number of fused-ring (bicyclic) bond motifs is 7. The van der Waals surface area contributed by atoms with E-state index in [1.165, 1.54) is 24.3 Å². The maximum atomic E-state index is 14.5. The highest BCUT2D eigenvalue weighted by Gasteiger charge is 2.30. The van der Waals surface area contributed by atoms with E-state index < -0.39 is 13.2 Å². The summed E-state index contributed by atoms with van der Waals surface area (Å²) in [7, 11) is -6.00. The second kappa shape index (κ2) is 11.8. The quantitative estimate of drug-likeness (QED) is 0.0511. The maximum Gasteiger partial charge on any atom is 0.673 e. The normalized spacial score (nSPS) is 15.1. The highest BCUT2D eigenvalue weighted by molar-refractivity contribution is 6.50. The van der Waals surface area contributed by atoms with E-state index in [9.17, 15) is 30.8 Å². The molecular formula is C32H23BF6N2O3. The molecule has 0 radical (unpaired) electrons. The van der Waals surface area contributed by atoms with E-state index >= 15 is 0 Å². The van der Waals surface area contributed by atoms with Crippen molar-refractivity contribution in [1.82, 2.24) is 5.10 Å². The first kappa shape index (κ1) is 29.4. The largest absolute Gasteiger partial charge is 0.673 e. The Morgan fingerprint density at radius 3 is 2.34 bits per heavy atom. The summed E-state index contributed by atoms with van der Waals surface area (Å²) < 4.78 is 81.0. The number of rotatable bonds is 4. The molecule has 2 aromatic heterocycles. The number of benzene rings is 4. The summed E-state index contributed by atoms with van der Waals surface area (Å²) in [5, 5.41) is 7.73. The molecule has 7 rings (SSSR count). The zero-order valence-corrected chi connectivity index (χ0v) is 23.0. The molecule has 0 aliphatic carbocycles. The first-order valence-electron chi connectivity index (χ1n) is 13.8. The monoisotopic (exact) mass is 608 g/mol. The molecule has 0 spiro atoms. The highest BCUT2D eigenvalue weighted by Crippen LogP contribution is 2.34. The van der Waals surface area contributed by atoms with Crippen molar-refractivity contribution in [2.45, 2.75) is 18.9 Å². The molecule has 44 heavy (non-hydrogen) atoms. The van der Waals surface area contributed by atoms with Crippen molar-refractivity contribution in [2.75, 3.05) is 13.2 Å². The summed E-state index contributed by atoms with van der Waals surface area (Å²) in [4.78, 5) is 13.9. The Kier molecular flexibility index (Phi) is 7.85. The molecule has 1 unspecified atom stereocenters. The second-order valence-corrected chi connectivity index (χ2v) is 10.3. The van der Waals surface area contributed by atoms with Gasteiger partial charge in [0.15, 0.2) is 0 Å². The van der Waals surface area contributed by atoms with Crippen molar-refractivity contribution < 1.29 is 44.8 Å². The number of nitrogens with zero attached hydrogens (tertiary/aromatic N) is 2. The van der Waals surface area contributed by atoms with Crippen LogP contribution in [-0.4, -0.2) is 37.6 Å². The molecule has 6 aromatic rings. The number of carbonyl (C=O) groups excluding carboxylic acids is 1. The smallest absolute Gasteiger partial charge is 0.459 e. The Balaban J connectivity index is 0.000000637. The summed E-state index contributed by atoms with van der Waals surface area (Å²) >= 11 is 0. The zero-order chi connectivity index (χ0) is 31.0. The zero-order valence-electron chi connectivity index (χ0n) is 23.0. The fraction of sp³-hybridized carbons (Fsp3) is 0.156. The lowest BCUT2D eigenvalue weighted by atomic mass is 9.97. The van der Waals surface area contributed by atoms with Gasteiger partial charge >= 0.3 is 13.2 Å². The molecule has 12 heteroatoms. The van der Waals surface area contributed by atoms with Crippen LogP contribution in [0.25, 0.3) is 49.2 Å². The van der Waals surface area contributed by atoms with Crippen LogP contribution in [-0.2, 0) is 9.47 Å². The first-order chi connectivity index (χ1) is 21.1. The van der Waals surface area contributed by atoms with Gasteiger partial charge in [0.1, 0.15) is 29.3 Å². The molecule has 0 N–H and O–H groups in total. The first-order valence-corrected chi connectivity index (χ1v) is 13.8. The Hall–Kier alpha value is -4.71. The lowest BCUT2D eigenvalue weighted by Gasteiger charge is -2.13. The van der Waals surface area contributed by atoms with Crippen LogP contribution in [0.3, 0.4) is 0 Å². The van der Waals surface area contributed by atoms with Gasteiger partial charge in [-0.25, -0.2) is 13.6 Å². The average Bonchev–Trinajstić information content (AvgIpc) is 3.52. The predicted octanol–water partition coefficient (Wildman–Crippen LogP) is 7.86. The number of pyridine rings is 1. The predicted molar refractivity (Wildman–Crippen MR) is 155 cm³/mol. The van der Waals surface area contributed by atoms with E-state index in [0.29, 0.717) is 56.0 Å². The van der Waals surface area contributed by atoms with E-state index in [0.717, 1.165) is 18.2 Å². The highest BCUT2D eigenvalue weighted by atomic mass is 19.5. The van der Waals surface area contributed by atoms with E-state index in [-0.39, 0.29) is 24.3 Å². The van der Waals surface area contributed by atoms with Crippen LogP contribution in [0.2, 0.25) is 0 Å². The Labute approximate surface area is 246 Å². The van der Waals surface area contributed by atoms with Gasteiger partial charge in [-0.1, -0.05) is 42.5 Å². The number of aromatic nitrogens is 2. The van der Waals surface area contributed by atoms with Gasteiger partial charge in [-0.3, -0.25) is 0 Å². The van der Waals surface area contributed by atoms with Crippen LogP contribution in [0.4, 0.5) is 26.0 Å². The lowest BCUT2D eigenvalue weighted by Crippen LogP contribution is -2.31. The third kappa shape index (κ3) is 5.89. The number of hydrogen-bond acceptors (Lipinski definition) is 4. The third-order valence-electron chi connectivity index (χ3n) is 7.38. The minimum atomic E-state index is -6.00. The van der Waals surface area contributed by atoms with Gasteiger partial charge in [-0.05, 0) is 59.3 Å². The summed E-state index contributed by atoms with van der Waals surface area (Å²) in [5.41, 5.74) is 3.38. The molecule has 0 amide bonds. The van der Waals surface area contributed by atoms with Crippen molar-refractivity contribution in [1.29, 1.82) is 0 Å². The average molecular weight is 608 g/mol. The van der Waals surface area contributed by atoms with Crippen LogP contribution >= 0.6 is 0 Å². The fourth-order valence-corrected chi connectivity index (χ4v) is 5.60. The molecule has 224 valence electrons. The van der Waals surface area contributed by atoms with Crippen LogP contribution < -0.4 is 4.52 Å². The van der Waals surface area contributed by atoms with Gasteiger partial charge in [0.05, 0.1) is 16.9 Å². The number of ether oxygens (including phenoxy) is 2. The molecule has 5 nitrogen and oxygen atoms in total. The van der Waals surface area contributed by atoms with Crippen LogP contribution in [0, 0.1) is 11.6 Å². The van der Waals surface area contributed by atoms with E-state index in [2.05, 4.69) is 0 Å². The summed E-state index contributed by atoms with van der Waals surface area (Å²) in [5.74, 6) is -1.26. The number of esters is 1. The molecule has 0 bridgehead atoms. The Bertz CT molecular complexity index is 2040. The van der Waals surface area contributed by atoms with Crippen molar-refractivity contribution in [3.8, 4) is 11.1 Å². The minimum absolute atomic E-state index is 0.137. The van der Waals surface area contributed by atoms with Crippen LogP contribution in [0.1, 0.15) is 23.2 Å². The molecule has 4 aromatic carbocycles. The van der Waals surface area contributed by atoms with Gasteiger partial charge in [0.2, 0.25) is 5.52 Å². The van der Waals surface area contributed by atoms with Gasteiger partial charge < -0.3 is 26.7 Å². The SMILES string of the molecule is F[B-](F)(F)F.O=C(OCC1CCCO1)c1c2cccc(-c3cccc(F)c3)c2n[n+]2c3ccccc3c3cc(F)ccc3c12. The van der Waals surface area contributed by atoms with Crippen molar-refractivity contribution in [3.05, 3.63) is 102 Å². The van der Waals surface area contributed by atoms with Gasteiger partial charge in [-0.2, -0.15) is 0 Å². The number of para-hydroxylation sites is 1. The fourth-order valence-electron chi connectivity index (χ4n) is 5.60. The summed E-state index contributed by atoms with van der Waals surface area (Å²) in [6, 6.07) is 23.9. The molecule has 1 aliphatic rings. The standard InChI is InChI=1S/C32H23F2N2O3.BF4/c33-20-7-3-6-19(16-20)23-10-4-11-26-29(32(37)39-18-22-8-5-15-38-22)31-25-14-13-21(34)17-27(25)24-9-1-2-12-28(24)36(31)35-30(23)26;2-1(3,4)5/h1-4,6-7,9-14,16-17,22H,5,8,15,18H2;/q+1;-1. The molecule has 1 fully saturated rings. The number of halogens is 6. The molecular weight excluding hydrogens is 585 g/mol. The molecule has 0 saturated carbocycles. The van der Waals surface area contributed by atoms with Crippen molar-refractivity contribution in [2.24, 2.45) is 0 Å². The molecule has 1 saturated heterocycles. The summed E-state index contributed by atoms with van der Waals surface area (Å²) in [6.45, 7) is 0.789. The molecule has 3 heterocycles. The van der Waals surface area contributed by atoms with Gasteiger partial charge in [-0.15, -0.1) is 0 Å². The Morgan fingerprint density at radius 2 is 1.59 bits per heavy atom. The lowest BCUT2D eigenvalue weighted by molar-refractivity contribution is -0.548. The molecule has 1 atom stereocenters. The third-order valence-corrected chi connectivity index (χ3v) is 7.38. The Morgan fingerprint density at radius 1 is 0.864 bits per heavy atom. The van der Waals surface area contributed by atoms with Crippen molar-refractivity contribution in [3.63, 3.8) is 0 Å². The van der Waals surface area contributed by atoms with Crippen LogP contribution in [0.15, 0.2) is 84.9 Å². The minimum Gasteiger partial charge on any atom is -0.459 e. The number of hydrogen-bond donors (Lipinski definition) is 0. The number of carbonyl (C=O) groups is 1. The van der Waals surface area contributed by atoms with E-state index in [1.807, 2.05) is 48.5 Å². The topological polar surface area (TPSA) is 52.5 Å². The summed E-state index contributed by atoms with van der Waals surface area (Å²) in [6.07, 6.45) is 1.62. The van der Waals surface area contributed by atoms with Crippen molar-refractivity contribution >= 4 is 51.3 Å². The molecule has 1 aliphatic heterocycles. The van der Waals surface area contributed by atoms with Crippen LogP contribution in [0.5, 0.6) is 0 Å². The second-order valence-electron chi connectivity index (χ2n) is 10.3. The van der Waals surface area contributed by atoms with Gasteiger partial charge in [0, 0.05) is 34.1 Å². The van der Waals surface area contributed by atoms with E-state index in [1.54, 1.807) is 16.6 Å².